The summed E-state index contributed by atoms with van der Waals surface area (Å²) in [6.07, 6.45) is -0.385. The second-order valence-electron chi connectivity index (χ2n) is 10.5. The summed E-state index contributed by atoms with van der Waals surface area (Å²) in [7, 11) is 1.56. The minimum absolute atomic E-state index is 0.00312. The number of amides is 1. The van der Waals surface area contributed by atoms with Crippen molar-refractivity contribution in [3.8, 4) is 5.75 Å². The van der Waals surface area contributed by atoms with Gasteiger partial charge in [-0.15, -0.1) is 0 Å². The van der Waals surface area contributed by atoms with Crippen LogP contribution in [0.25, 0.3) is 5.57 Å². The van der Waals surface area contributed by atoms with Gasteiger partial charge in [0.2, 0.25) is 0 Å². The molecule has 10 heteroatoms. The van der Waals surface area contributed by atoms with Crippen LogP contribution in [-0.4, -0.2) is 29.7 Å². The van der Waals surface area contributed by atoms with Crippen LogP contribution >= 0.6 is 11.3 Å². The average Bonchev–Trinajstić information content (AvgIpc) is 3.45. The second-order valence-corrected chi connectivity index (χ2v) is 11.5. The molecular weight excluding hydrogens is 569 g/mol. The highest BCUT2D eigenvalue weighted by atomic mass is 32.1. The number of benzene rings is 3. The van der Waals surface area contributed by atoms with Crippen LogP contribution in [0, 0.1) is 5.82 Å². The number of rotatable bonds is 6. The van der Waals surface area contributed by atoms with Gasteiger partial charge in [0, 0.05) is 11.1 Å². The molecule has 0 fully saturated rings. The Kier molecular flexibility index (Phi) is 7.31. The Morgan fingerprint density at radius 2 is 1.72 bits per heavy atom. The van der Waals surface area contributed by atoms with E-state index in [2.05, 4.69) is 4.99 Å². The van der Waals surface area contributed by atoms with E-state index in [1.54, 1.807) is 94.6 Å². The number of aromatic nitrogens is 1. The van der Waals surface area contributed by atoms with E-state index in [-0.39, 0.29) is 28.3 Å². The Balaban J connectivity index is 1.57. The van der Waals surface area contributed by atoms with Crippen molar-refractivity contribution >= 4 is 34.5 Å². The first-order chi connectivity index (χ1) is 20.7. The number of halogens is 1. The van der Waals surface area contributed by atoms with Crippen molar-refractivity contribution in [1.82, 2.24) is 4.57 Å². The Morgan fingerprint density at radius 1 is 1.02 bits per heavy atom. The molecule has 6 rings (SSSR count). The number of methoxy groups -OCH3 is 1. The number of hydrogen-bond donors (Lipinski definition) is 0. The van der Waals surface area contributed by atoms with Crippen molar-refractivity contribution in [3.63, 3.8) is 0 Å². The zero-order valence-corrected chi connectivity index (χ0v) is 24.8. The molecule has 1 amide bonds. The van der Waals surface area contributed by atoms with Gasteiger partial charge in [-0.05, 0) is 50.6 Å². The minimum Gasteiger partial charge on any atom is -0.497 e. The number of ether oxygens (including phenoxy) is 2. The lowest BCUT2D eigenvalue weighted by molar-refractivity contribution is -0.143. The van der Waals surface area contributed by atoms with Crippen LogP contribution in [0.15, 0.2) is 93.9 Å². The van der Waals surface area contributed by atoms with E-state index in [0.717, 1.165) is 11.3 Å². The van der Waals surface area contributed by atoms with E-state index >= 15 is 0 Å². The third-order valence-electron chi connectivity index (χ3n) is 7.43. The van der Waals surface area contributed by atoms with E-state index in [4.69, 9.17) is 9.47 Å². The fourth-order valence-corrected chi connectivity index (χ4v) is 6.60. The smallest absolute Gasteiger partial charge is 0.338 e. The van der Waals surface area contributed by atoms with Gasteiger partial charge in [-0.1, -0.05) is 59.9 Å². The monoisotopic (exact) mass is 597 g/mol. The van der Waals surface area contributed by atoms with E-state index in [1.165, 1.54) is 15.5 Å². The fraction of sp³-hybridized carbons (Fsp3) is 0.212. The molecule has 0 bridgehead atoms. The van der Waals surface area contributed by atoms with Gasteiger partial charge in [-0.2, -0.15) is 0 Å². The molecule has 0 aliphatic carbocycles. The molecule has 4 aromatic rings. The number of esters is 1. The predicted octanol–water partition coefficient (Wildman–Crippen LogP) is 4.25. The first kappa shape index (κ1) is 28.3. The van der Waals surface area contributed by atoms with E-state index in [9.17, 15) is 18.8 Å². The molecule has 0 radical (unpaired) electrons. The summed E-state index contributed by atoms with van der Waals surface area (Å²) >= 11 is 1.09. The Morgan fingerprint density at radius 3 is 2.42 bits per heavy atom. The highest BCUT2D eigenvalue weighted by Gasteiger charge is 2.37. The van der Waals surface area contributed by atoms with Gasteiger partial charge in [0.25, 0.3) is 11.5 Å². The molecule has 218 valence electrons. The molecule has 8 nitrogen and oxygen atoms in total. The number of hydrogen-bond acceptors (Lipinski definition) is 7. The molecule has 2 aliphatic heterocycles. The van der Waals surface area contributed by atoms with E-state index in [1.807, 2.05) is 0 Å². The molecule has 0 saturated carbocycles. The summed E-state index contributed by atoms with van der Waals surface area (Å²) in [5.41, 5.74) is 2.59. The Labute approximate surface area is 250 Å². The number of carbonyl (C=O) groups is 2. The minimum atomic E-state index is -0.843. The molecular formula is C33H28FN3O5S. The Hall–Kier alpha value is -4.83. The molecule has 0 N–H and O–H groups in total. The lowest BCUT2D eigenvalue weighted by Gasteiger charge is -2.25. The summed E-state index contributed by atoms with van der Waals surface area (Å²) in [4.78, 5) is 48.2. The third-order valence-corrected chi connectivity index (χ3v) is 8.48. The van der Waals surface area contributed by atoms with Crippen molar-refractivity contribution in [2.75, 3.05) is 12.0 Å². The summed E-state index contributed by atoms with van der Waals surface area (Å²) in [5, 5.41) is 0. The zero-order chi connectivity index (χ0) is 30.4. The molecule has 0 spiro atoms. The molecule has 1 aromatic heterocycles. The predicted molar refractivity (Wildman–Crippen MR) is 161 cm³/mol. The molecule has 1 atom stereocenters. The summed E-state index contributed by atoms with van der Waals surface area (Å²) in [5.74, 6) is -0.788. The summed E-state index contributed by atoms with van der Waals surface area (Å²) in [6, 6.07) is 19.7. The fourth-order valence-electron chi connectivity index (χ4n) is 5.47. The number of allylic oxidation sites excluding steroid dienone is 1. The van der Waals surface area contributed by atoms with Crippen molar-refractivity contribution in [2.45, 2.75) is 39.5 Å². The van der Waals surface area contributed by atoms with E-state index in [0.29, 0.717) is 38.6 Å². The van der Waals surface area contributed by atoms with Crippen LogP contribution in [-0.2, 0) is 20.9 Å². The lowest BCUT2D eigenvalue weighted by atomic mass is 9.95. The standard InChI is InChI=1S/C33H28FN3O5S/c1-18(2)42-32(40)26-19(3)35-33-37(28(26)20-13-15-22(41-4)16-14-20)31(39)29(43-33)27-23-10-6-8-12-25(23)36(30(27)38)17-21-9-5-7-11-24(21)34/h5-16,18,28H,17H2,1-4H3/b29-27-/t28-/m0/s1. The first-order valence-corrected chi connectivity index (χ1v) is 14.6. The van der Waals surface area contributed by atoms with E-state index < -0.39 is 29.3 Å². The number of fused-ring (bicyclic) bond motifs is 2. The van der Waals surface area contributed by atoms with Crippen LogP contribution in [0.4, 0.5) is 10.1 Å². The first-order valence-electron chi connectivity index (χ1n) is 13.7. The highest BCUT2D eigenvalue weighted by Crippen LogP contribution is 2.37. The average molecular weight is 598 g/mol. The van der Waals surface area contributed by atoms with Gasteiger partial charge in [0.1, 0.15) is 16.1 Å². The van der Waals surface area contributed by atoms with Gasteiger partial charge in [-0.25, -0.2) is 14.2 Å². The van der Waals surface area contributed by atoms with Crippen LogP contribution in [0.5, 0.6) is 5.75 Å². The van der Waals surface area contributed by atoms with Crippen molar-refractivity contribution in [1.29, 1.82) is 0 Å². The van der Waals surface area contributed by atoms with Crippen LogP contribution in [0.3, 0.4) is 0 Å². The number of para-hydroxylation sites is 1. The van der Waals surface area contributed by atoms with Crippen molar-refractivity contribution in [2.24, 2.45) is 4.99 Å². The van der Waals surface area contributed by atoms with Crippen molar-refractivity contribution < 1.29 is 23.5 Å². The van der Waals surface area contributed by atoms with Crippen LogP contribution in [0.1, 0.15) is 43.5 Å². The van der Waals surface area contributed by atoms with Gasteiger partial charge < -0.3 is 14.4 Å². The lowest BCUT2D eigenvalue weighted by Crippen LogP contribution is -2.41. The summed E-state index contributed by atoms with van der Waals surface area (Å²) < 4.78 is 27.1. The topological polar surface area (TPSA) is 90.2 Å². The normalized spacial score (nSPS) is 17.1. The number of anilines is 1. The number of thiazole rings is 1. The maximum absolute atomic E-state index is 14.6. The molecule has 3 aromatic carbocycles. The van der Waals surface area contributed by atoms with Gasteiger partial charge in [0.05, 0.1) is 48.3 Å². The van der Waals surface area contributed by atoms with Gasteiger partial charge in [0.15, 0.2) is 4.80 Å². The zero-order valence-electron chi connectivity index (χ0n) is 24.0. The molecule has 0 saturated heterocycles. The third kappa shape index (κ3) is 4.87. The maximum atomic E-state index is 14.6. The quantitative estimate of drug-likeness (QED) is 0.310. The highest BCUT2D eigenvalue weighted by molar-refractivity contribution is 7.07. The van der Waals surface area contributed by atoms with Crippen LogP contribution < -0.4 is 24.5 Å². The molecule has 3 heterocycles. The molecule has 0 unspecified atom stereocenters. The second kappa shape index (κ2) is 11.1. The molecule has 2 aliphatic rings. The number of nitrogens with zero attached hydrogens (tertiary/aromatic N) is 3. The largest absolute Gasteiger partial charge is 0.497 e. The van der Waals surface area contributed by atoms with Gasteiger partial charge in [-0.3, -0.25) is 14.2 Å². The van der Waals surface area contributed by atoms with Crippen molar-refractivity contribution in [3.05, 3.63) is 126 Å². The van der Waals surface area contributed by atoms with Gasteiger partial charge >= 0.3 is 5.97 Å². The Bertz CT molecular complexity index is 1990. The summed E-state index contributed by atoms with van der Waals surface area (Å²) in [6.45, 7) is 5.22. The molecule has 43 heavy (non-hydrogen) atoms. The van der Waals surface area contributed by atoms with Crippen LogP contribution in [0.2, 0.25) is 0 Å². The maximum Gasteiger partial charge on any atom is 0.338 e. The SMILES string of the molecule is COc1ccc([C@H]2C(C(=O)OC(C)C)=C(C)N=c3s/c(=C4\C(=O)N(Cc5ccccc5F)c5ccccc54)c(=O)n32)cc1. The number of carbonyl (C=O) groups excluding carboxylic acids is 2.